The number of nitrogens with one attached hydrogen (secondary N) is 2. The molecular formula is C22H30FN5O2S. The van der Waals surface area contributed by atoms with Crippen molar-refractivity contribution >= 4 is 28.3 Å². The number of carbonyl (C=O) groups is 2. The molecule has 7 nitrogen and oxygen atoms in total. The molecule has 2 heterocycles. The number of benzene rings is 1. The molecule has 0 saturated carbocycles. The Morgan fingerprint density at radius 1 is 1.26 bits per heavy atom. The van der Waals surface area contributed by atoms with Gasteiger partial charge in [-0.15, -0.1) is 11.3 Å². The fourth-order valence-electron chi connectivity index (χ4n) is 3.96. The van der Waals surface area contributed by atoms with Gasteiger partial charge in [-0.2, -0.15) is 0 Å². The minimum atomic E-state index is -0.765. The van der Waals surface area contributed by atoms with Gasteiger partial charge in [0.15, 0.2) is 5.13 Å². The van der Waals surface area contributed by atoms with Crippen LogP contribution in [0.1, 0.15) is 43.6 Å². The lowest BCUT2D eigenvalue weighted by Crippen LogP contribution is -2.53. The van der Waals surface area contributed by atoms with Crippen molar-refractivity contribution in [3.8, 4) is 0 Å². The zero-order chi connectivity index (χ0) is 22.4. The third-order valence-electron chi connectivity index (χ3n) is 5.72. The van der Waals surface area contributed by atoms with Crippen molar-refractivity contribution < 1.29 is 14.0 Å². The van der Waals surface area contributed by atoms with Gasteiger partial charge in [0.1, 0.15) is 11.9 Å². The van der Waals surface area contributed by atoms with Gasteiger partial charge in [0.05, 0.1) is 13.1 Å². The first-order valence-corrected chi connectivity index (χ1v) is 11.4. The summed E-state index contributed by atoms with van der Waals surface area (Å²) in [7, 11) is 0. The van der Waals surface area contributed by atoms with Crippen LogP contribution in [0.2, 0.25) is 0 Å². The third kappa shape index (κ3) is 6.73. The Kier molecular flexibility index (Phi) is 7.97. The maximum absolute atomic E-state index is 13.3. The molecule has 2 unspecified atom stereocenters. The highest BCUT2D eigenvalue weighted by Gasteiger charge is 2.28. The van der Waals surface area contributed by atoms with Crippen LogP contribution in [0.4, 0.5) is 9.52 Å². The van der Waals surface area contributed by atoms with Gasteiger partial charge in [0.25, 0.3) is 0 Å². The predicted molar refractivity (Wildman–Crippen MR) is 120 cm³/mol. The number of amides is 2. The molecule has 4 N–H and O–H groups in total. The van der Waals surface area contributed by atoms with E-state index in [1.165, 1.54) is 23.5 Å². The summed E-state index contributed by atoms with van der Waals surface area (Å²) >= 11 is 1.30. The Morgan fingerprint density at radius 2 is 1.94 bits per heavy atom. The van der Waals surface area contributed by atoms with Gasteiger partial charge in [0.2, 0.25) is 11.8 Å². The second-order valence-electron chi connectivity index (χ2n) is 8.13. The van der Waals surface area contributed by atoms with Gasteiger partial charge in [-0.3, -0.25) is 14.5 Å². The molecule has 0 aliphatic carbocycles. The molecule has 3 rings (SSSR count). The van der Waals surface area contributed by atoms with E-state index in [9.17, 15) is 14.0 Å². The summed E-state index contributed by atoms with van der Waals surface area (Å²) in [6.45, 7) is 4.80. The first-order chi connectivity index (χ1) is 14.8. The molecule has 1 aliphatic rings. The molecular weight excluding hydrogens is 417 g/mol. The summed E-state index contributed by atoms with van der Waals surface area (Å²) in [5.41, 5.74) is 6.41. The number of anilines is 1. The van der Waals surface area contributed by atoms with E-state index in [0.29, 0.717) is 17.2 Å². The van der Waals surface area contributed by atoms with Gasteiger partial charge < -0.3 is 16.4 Å². The van der Waals surface area contributed by atoms with Gasteiger partial charge in [-0.1, -0.05) is 18.6 Å². The van der Waals surface area contributed by atoms with E-state index in [1.807, 2.05) is 0 Å². The highest BCUT2D eigenvalue weighted by molar-refractivity contribution is 7.15. The quantitative estimate of drug-likeness (QED) is 0.577. The lowest BCUT2D eigenvalue weighted by Gasteiger charge is -2.38. The highest BCUT2D eigenvalue weighted by atomic mass is 32.1. The number of likely N-dealkylation sites (tertiary alicyclic amines) is 1. The molecule has 2 amide bonds. The van der Waals surface area contributed by atoms with Crippen molar-refractivity contribution in [1.82, 2.24) is 20.5 Å². The number of hydrogen-bond acceptors (Lipinski definition) is 6. The number of nitrogen functional groups attached to an aromatic ring is 1. The third-order valence-corrected chi connectivity index (χ3v) is 6.54. The molecule has 1 aromatic heterocycles. The minimum absolute atomic E-state index is 0.190. The second kappa shape index (κ2) is 10.7. The summed E-state index contributed by atoms with van der Waals surface area (Å²) in [5, 5.41) is 6.17. The Hall–Kier alpha value is -2.52. The van der Waals surface area contributed by atoms with Crippen molar-refractivity contribution in [3.05, 3.63) is 46.7 Å². The number of piperidine rings is 1. The van der Waals surface area contributed by atoms with E-state index >= 15 is 0 Å². The van der Waals surface area contributed by atoms with E-state index in [-0.39, 0.29) is 37.1 Å². The van der Waals surface area contributed by atoms with Crippen molar-refractivity contribution in [3.63, 3.8) is 0 Å². The van der Waals surface area contributed by atoms with E-state index in [0.717, 1.165) is 29.7 Å². The average molecular weight is 448 g/mol. The van der Waals surface area contributed by atoms with Crippen molar-refractivity contribution in [1.29, 1.82) is 0 Å². The number of halogens is 1. The highest BCUT2D eigenvalue weighted by Crippen LogP contribution is 2.22. The largest absolute Gasteiger partial charge is 0.375 e. The number of nitrogens with zero attached hydrogens (tertiary/aromatic N) is 2. The molecule has 0 bridgehead atoms. The average Bonchev–Trinajstić information content (AvgIpc) is 3.15. The van der Waals surface area contributed by atoms with Crippen LogP contribution in [-0.4, -0.2) is 46.4 Å². The van der Waals surface area contributed by atoms with Crippen LogP contribution < -0.4 is 16.4 Å². The van der Waals surface area contributed by atoms with Gasteiger partial charge in [-0.25, -0.2) is 9.37 Å². The van der Waals surface area contributed by atoms with Crippen LogP contribution in [0.5, 0.6) is 0 Å². The lowest BCUT2D eigenvalue weighted by molar-refractivity contribution is -0.130. The summed E-state index contributed by atoms with van der Waals surface area (Å²) in [6, 6.07) is 5.85. The molecule has 0 spiro atoms. The zero-order valence-electron chi connectivity index (χ0n) is 17.9. The maximum Gasteiger partial charge on any atom is 0.243 e. The van der Waals surface area contributed by atoms with Gasteiger partial charge in [-0.05, 0) is 44.4 Å². The van der Waals surface area contributed by atoms with Gasteiger partial charge >= 0.3 is 0 Å². The molecule has 1 aromatic carbocycles. The predicted octanol–water partition coefficient (Wildman–Crippen LogP) is 2.47. The van der Waals surface area contributed by atoms with Crippen LogP contribution >= 0.6 is 11.3 Å². The Balaban J connectivity index is 1.65. The number of hydrogen-bond donors (Lipinski definition) is 3. The van der Waals surface area contributed by atoms with E-state index in [4.69, 9.17) is 5.73 Å². The summed E-state index contributed by atoms with van der Waals surface area (Å²) < 4.78 is 13.3. The number of nitrogens with two attached hydrogens (primary N) is 1. The fraction of sp³-hybridized carbons (Fsp3) is 0.500. The summed E-state index contributed by atoms with van der Waals surface area (Å²) in [4.78, 5) is 32.7. The molecule has 9 heteroatoms. The molecule has 1 aliphatic heterocycles. The molecule has 1 saturated heterocycles. The Bertz CT molecular complexity index is 878. The topological polar surface area (TPSA) is 100 Å². The van der Waals surface area contributed by atoms with Crippen LogP contribution in [0.25, 0.3) is 0 Å². The standard InChI is InChI=1S/C22H30FN5O2S/c1-14-4-3-5-15(2)28(14)13-20(29)27-19(10-16-6-8-17(23)9-7-16)21(30)25-11-18-12-26-22(24)31-18/h6-9,12,14-15,19H,3-5,10-11,13H2,1-2H3,(H2,24,26)(H,25,30)(H,27,29)/t14?,15?,19-/m0/s1. The molecule has 1 fully saturated rings. The monoisotopic (exact) mass is 447 g/mol. The van der Waals surface area contributed by atoms with Gasteiger partial charge in [0, 0.05) is 29.6 Å². The molecule has 168 valence electrons. The molecule has 2 aromatic rings. The second-order valence-corrected chi connectivity index (χ2v) is 9.28. The normalized spacial score (nSPS) is 20.2. The fourth-order valence-corrected chi connectivity index (χ4v) is 4.58. The maximum atomic E-state index is 13.3. The van der Waals surface area contributed by atoms with Crippen LogP contribution in [0.15, 0.2) is 30.5 Å². The van der Waals surface area contributed by atoms with Crippen LogP contribution in [0, 0.1) is 5.82 Å². The van der Waals surface area contributed by atoms with Crippen LogP contribution in [0.3, 0.4) is 0 Å². The number of rotatable bonds is 8. The molecule has 0 radical (unpaired) electrons. The first kappa shape index (κ1) is 23.1. The van der Waals surface area contributed by atoms with E-state index in [1.54, 1.807) is 18.3 Å². The van der Waals surface area contributed by atoms with Crippen molar-refractivity contribution in [2.24, 2.45) is 0 Å². The summed E-state index contributed by atoms with van der Waals surface area (Å²) in [6.07, 6.45) is 5.18. The number of aromatic nitrogens is 1. The molecule has 3 atom stereocenters. The van der Waals surface area contributed by atoms with E-state index < -0.39 is 6.04 Å². The number of carbonyl (C=O) groups excluding carboxylic acids is 2. The molecule has 31 heavy (non-hydrogen) atoms. The Morgan fingerprint density at radius 3 is 2.55 bits per heavy atom. The first-order valence-electron chi connectivity index (χ1n) is 10.6. The Labute approximate surface area is 186 Å². The number of thiazole rings is 1. The lowest BCUT2D eigenvalue weighted by atomic mass is 9.97. The van der Waals surface area contributed by atoms with Crippen LogP contribution in [-0.2, 0) is 22.6 Å². The minimum Gasteiger partial charge on any atom is -0.375 e. The van der Waals surface area contributed by atoms with Crippen molar-refractivity contribution in [2.45, 2.75) is 64.2 Å². The van der Waals surface area contributed by atoms with Crippen molar-refractivity contribution in [2.75, 3.05) is 12.3 Å². The smallest absolute Gasteiger partial charge is 0.243 e. The summed E-state index contributed by atoms with van der Waals surface area (Å²) in [5.74, 6) is -0.834. The van der Waals surface area contributed by atoms with E-state index in [2.05, 4.69) is 34.4 Å². The SMILES string of the molecule is CC1CCCC(C)N1CC(=O)N[C@@H](Cc1ccc(F)cc1)C(=O)NCc1cnc(N)s1. The zero-order valence-corrected chi connectivity index (χ0v) is 18.8.